The molecular formula is C11H14N2O2. The van der Waals surface area contributed by atoms with Gasteiger partial charge < -0.3 is 10.4 Å². The Balaban J connectivity index is 2.29. The Morgan fingerprint density at radius 1 is 1.53 bits per heavy atom. The second-order valence-electron chi connectivity index (χ2n) is 3.18. The average Bonchev–Trinajstić information content (AvgIpc) is 2.25. The molecule has 0 saturated carbocycles. The van der Waals surface area contributed by atoms with E-state index in [-0.39, 0.29) is 0 Å². The molecular weight excluding hydrogens is 192 g/mol. The summed E-state index contributed by atoms with van der Waals surface area (Å²) in [6.45, 7) is 2.85. The Labute approximate surface area is 88.7 Å². The SMILES string of the molecule is C/C(=C/CNCc1ccncc1)C(=O)O. The molecule has 0 aliphatic carbocycles. The van der Waals surface area contributed by atoms with Crippen LogP contribution in [0.15, 0.2) is 36.2 Å². The highest BCUT2D eigenvalue weighted by atomic mass is 16.4. The molecule has 15 heavy (non-hydrogen) atoms. The highest BCUT2D eigenvalue weighted by Crippen LogP contribution is 1.95. The molecule has 0 aliphatic rings. The van der Waals surface area contributed by atoms with Gasteiger partial charge in [0, 0.05) is 31.1 Å². The predicted molar refractivity (Wildman–Crippen MR) is 57.3 cm³/mol. The van der Waals surface area contributed by atoms with Crippen LogP contribution in [0, 0.1) is 0 Å². The van der Waals surface area contributed by atoms with Crippen LogP contribution >= 0.6 is 0 Å². The first kappa shape index (κ1) is 11.4. The lowest BCUT2D eigenvalue weighted by atomic mass is 10.2. The largest absolute Gasteiger partial charge is 0.478 e. The summed E-state index contributed by atoms with van der Waals surface area (Å²) in [6, 6.07) is 3.83. The van der Waals surface area contributed by atoms with Crippen LogP contribution in [0.5, 0.6) is 0 Å². The molecule has 0 bridgehead atoms. The fraction of sp³-hybridized carbons (Fsp3) is 0.273. The number of hydrogen-bond donors (Lipinski definition) is 2. The zero-order valence-corrected chi connectivity index (χ0v) is 8.60. The van der Waals surface area contributed by atoms with Gasteiger partial charge in [-0.1, -0.05) is 6.08 Å². The third-order valence-corrected chi connectivity index (χ3v) is 1.97. The molecule has 4 heteroatoms. The summed E-state index contributed by atoms with van der Waals surface area (Å²) in [6.07, 6.45) is 5.12. The Morgan fingerprint density at radius 3 is 2.80 bits per heavy atom. The molecule has 0 unspecified atom stereocenters. The van der Waals surface area contributed by atoms with Crippen LogP contribution in [0.1, 0.15) is 12.5 Å². The summed E-state index contributed by atoms with van der Waals surface area (Å²) in [7, 11) is 0. The molecule has 0 spiro atoms. The summed E-state index contributed by atoms with van der Waals surface area (Å²) in [5, 5.41) is 11.7. The summed E-state index contributed by atoms with van der Waals surface area (Å²) in [5.74, 6) is -0.874. The van der Waals surface area contributed by atoms with Crippen LogP contribution in [-0.4, -0.2) is 22.6 Å². The van der Waals surface area contributed by atoms with Crippen molar-refractivity contribution in [1.29, 1.82) is 0 Å². The Morgan fingerprint density at radius 2 is 2.20 bits per heavy atom. The van der Waals surface area contributed by atoms with E-state index in [0.717, 1.165) is 5.56 Å². The average molecular weight is 206 g/mol. The van der Waals surface area contributed by atoms with Crippen molar-refractivity contribution in [2.75, 3.05) is 6.54 Å². The Kier molecular flexibility index (Phi) is 4.50. The van der Waals surface area contributed by atoms with Gasteiger partial charge in [0.15, 0.2) is 0 Å². The normalized spacial score (nSPS) is 11.4. The van der Waals surface area contributed by atoms with E-state index >= 15 is 0 Å². The van der Waals surface area contributed by atoms with Crippen LogP contribution in [0.3, 0.4) is 0 Å². The number of aliphatic carboxylic acids is 1. The highest BCUT2D eigenvalue weighted by Gasteiger charge is 1.97. The molecule has 1 heterocycles. The maximum Gasteiger partial charge on any atom is 0.330 e. The van der Waals surface area contributed by atoms with E-state index in [0.29, 0.717) is 18.7 Å². The smallest absolute Gasteiger partial charge is 0.330 e. The minimum Gasteiger partial charge on any atom is -0.478 e. The van der Waals surface area contributed by atoms with Gasteiger partial charge in [0.25, 0.3) is 0 Å². The summed E-state index contributed by atoms with van der Waals surface area (Å²) < 4.78 is 0. The van der Waals surface area contributed by atoms with Gasteiger partial charge in [0.1, 0.15) is 0 Å². The van der Waals surface area contributed by atoms with E-state index in [2.05, 4.69) is 10.3 Å². The summed E-state index contributed by atoms with van der Waals surface area (Å²) in [4.78, 5) is 14.4. The van der Waals surface area contributed by atoms with Gasteiger partial charge in [-0.25, -0.2) is 4.79 Å². The molecule has 1 rings (SSSR count). The van der Waals surface area contributed by atoms with Gasteiger partial charge in [-0.3, -0.25) is 4.98 Å². The number of carbonyl (C=O) groups is 1. The minimum absolute atomic E-state index is 0.359. The lowest BCUT2D eigenvalue weighted by Gasteiger charge is -2.01. The van der Waals surface area contributed by atoms with Crippen LogP contribution in [0.2, 0.25) is 0 Å². The fourth-order valence-electron chi connectivity index (χ4n) is 1.03. The Bertz CT molecular complexity index is 347. The zero-order valence-electron chi connectivity index (χ0n) is 8.60. The lowest BCUT2D eigenvalue weighted by molar-refractivity contribution is -0.132. The number of nitrogens with one attached hydrogen (secondary N) is 1. The molecule has 1 aromatic rings. The van der Waals surface area contributed by atoms with Gasteiger partial charge in [0.05, 0.1) is 0 Å². The highest BCUT2D eigenvalue weighted by molar-refractivity contribution is 5.85. The first-order valence-electron chi connectivity index (χ1n) is 4.70. The van der Waals surface area contributed by atoms with E-state index in [1.54, 1.807) is 25.4 Å². The van der Waals surface area contributed by atoms with Crippen LogP contribution in [0.25, 0.3) is 0 Å². The molecule has 0 fully saturated rings. The van der Waals surface area contributed by atoms with Crippen LogP contribution in [-0.2, 0) is 11.3 Å². The molecule has 0 radical (unpaired) electrons. The topological polar surface area (TPSA) is 62.2 Å². The predicted octanol–water partition coefficient (Wildman–Crippen LogP) is 1.20. The maximum atomic E-state index is 10.5. The molecule has 80 valence electrons. The van der Waals surface area contributed by atoms with Gasteiger partial charge in [-0.05, 0) is 24.6 Å². The molecule has 4 nitrogen and oxygen atoms in total. The van der Waals surface area contributed by atoms with E-state index < -0.39 is 5.97 Å². The molecule has 0 aliphatic heterocycles. The number of pyridine rings is 1. The van der Waals surface area contributed by atoms with Crippen molar-refractivity contribution >= 4 is 5.97 Å². The molecule has 0 saturated heterocycles. The number of nitrogens with zero attached hydrogens (tertiary/aromatic N) is 1. The van der Waals surface area contributed by atoms with Gasteiger partial charge in [-0.15, -0.1) is 0 Å². The molecule has 2 N–H and O–H groups in total. The first-order chi connectivity index (χ1) is 7.20. The Hall–Kier alpha value is -1.68. The van der Waals surface area contributed by atoms with Crippen molar-refractivity contribution in [2.45, 2.75) is 13.5 Å². The van der Waals surface area contributed by atoms with Crippen molar-refractivity contribution in [3.63, 3.8) is 0 Å². The molecule has 0 atom stereocenters. The summed E-state index contributed by atoms with van der Waals surface area (Å²) in [5.41, 5.74) is 1.49. The van der Waals surface area contributed by atoms with E-state index in [4.69, 9.17) is 5.11 Å². The molecule has 0 amide bonds. The lowest BCUT2D eigenvalue weighted by Crippen LogP contribution is -2.14. The monoisotopic (exact) mass is 206 g/mol. The van der Waals surface area contributed by atoms with Gasteiger partial charge in [0.2, 0.25) is 0 Å². The van der Waals surface area contributed by atoms with Gasteiger partial charge in [-0.2, -0.15) is 0 Å². The van der Waals surface area contributed by atoms with E-state index in [1.807, 2.05) is 12.1 Å². The first-order valence-corrected chi connectivity index (χ1v) is 4.70. The number of carboxylic acids is 1. The van der Waals surface area contributed by atoms with Crippen molar-refractivity contribution in [1.82, 2.24) is 10.3 Å². The summed E-state index contributed by atoms with van der Waals surface area (Å²) >= 11 is 0. The van der Waals surface area contributed by atoms with Crippen molar-refractivity contribution < 1.29 is 9.90 Å². The second kappa shape index (κ2) is 5.93. The van der Waals surface area contributed by atoms with Crippen molar-refractivity contribution in [3.8, 4) is 0 Å². The number of rotatable bonds is 5. The van der Waals surface area contributed by atoms with Crippen LogP contribution in [0.4, 0.5) is 0 Å². The van der Waals surface area contributed by atoms with E-state index in [9.17, 15) is 4.79 Å². The second-order valence-corrected chi connectivity index (χ2v) is 3.18. The molecule has 0 aromatic carbocycles. The van der Waals surface area contributed by atoms with Crippen LogP contribution < -0.4 is 5.32 Å². The van der Waals surface area contributed by atoms with Crippen molar-refractivity contribution in [3.05, 3.63) is 41.7 Å². The fourth-order valence-corrected chi connectivity index (χ4v) is 1.03. The standard InChI is InChI=1S/C11H14N2O2/c1-9(11(14)15)2-5-13-8-10-3-6-12-7-4-10/h2-4,6-7,13H,5,8H2,1H3,(H,14,15)/b9-2-. The quantitative estimate of drug-likeness (QED) is 0.561. The third kappa shape index (κ3) is 4.37. The zero-order chi connectivity index (χ0) is 11.1. The van der Waals surface area contributed by atoms with Crippen molar-refractivity contribution in [2.24, 2.45) is 0 Å². The van der Waals surface area contributed by atoms with E-state index in [1.165, 1.54) is 0 Å². The van der Waals surface area contributed by atoms with Gasteiger partial charge >= 0.3 is 5.97 Å². The maximum absolute atomic E-state index is 10.5. The number of carboxylic acid groups (broad SMARTS) is 1. The minimum atomic E-state index is -0.874. The third-order valence-electron chi connectivity index (χ3n) is 1.97. The number of hydrogen-bond acceptors (Lipinski definition) is 3. The molecule has 1 aromatic heterocycles. The number of aromatic nitrogens is 1.